The van der Waals surface area contributed by atoms with Crippen LogP contribution in [0.3, 0.4) is 0 Å². The molecule has 1 aromatic carbocycles. The van der Waals surface area contributed by atoms with Gasteiger partial charge in [-0.2, -0.15) is 13.2 Å². The molecule has 1 heterocycles. The minimum absolute atomic E-state index is 0.0699. The molecule has 1 aromatic rings. The summed E-state index contributed by atoms with van der Waals surface area (Å²) in [6, 6.07) is 4.08. The molecule has 0 bridgehead atoms. The van der Waals surface area contributed by atoms with E-state index in [0.717, 1.165) is 37.8 Å². The van der Waals surface area contributed by atoms with Crippen LogP contribution in [-0.2, 0) is 17.5 Å². The summed E-state index contributed by atoms with van der Waals surface area (Å²) in [6.07, 6.45) is 1.10. The van der Waals surface area contributed by atoms with Crippen LogP contribution in [0, 0.1) is 5.92 Å². The van der Waals surface area contributed by atoms with Gasteiger partial charge >= 0.3 is 12.2 Å². The van der Waals surface area contributed by atoms with Crippen molar-refractivity contribution in [3.8, 4) is 0 Å². The predicted octanol–water partition coefficient (Wildman–Crippen LogP) is 3.44. The average molecular weight is 395 g/mol. The van der Waals surface area contributed by atoms with Gasteiger partial charge in [0.25, 0.3) is 0 Å². The van der Waals surface area contributed by atoms with Crippen molar-refractivity contribution in [3.05, 3.63) is 35.4 Å². The number of rotatable bonds is 4. The third kappa shape index (κ3) is 3.82. The zero-order valence-electron chi connectivity index (χ0n) is 15.5. The molecule has 3 unspecified atom stereocenters. The number of nitrogens with one attached hydrogen (secondary N) is 2. The van der Waals surface area contributed by atoms with Crippen LogP contribution in [0.4, 0.5) is 18.0 Å². The number of fused-ring (bicyclic) bond motifs is 1. The smallest absolute Gasteiger partial charge is 0.337 e. The van der Waals surface area contributed by atoms with E-state index < -0.39 is 17.8 Å². The van der Waals surface area contributed by atoms with Crippen LogP contribution in [0.1, 0.15) is 49.7 Å². The van der Waals surface area contributed by atoms with Crippen molar-refractivity contribution < 1.29 is 22.8 Å². The van der Waals surface area contributed by atoms with E-state index in [1.54, 1.807) is 6.07 Å². The van der Waals surface area contributed by atoms with Gasteiger partial charge in [-0.15, -0.1) is 0 Å². The highest BCUT2D eigenvalue weighted by molar-refractivity contribution is 5.88. The minimum atomic E-state index is -4.41. The van der Waals surface area contributed by atoms with Crippen LogP contribution in [0.5, 0.6) is 0 Å². The monoisotopic (exact) mass is 395 g/mol. The molecule has 0 spiro atoms. The Morgan fingerprint density at radius 3 is 2.75 bits per heavy atom. The molecule has 3 fully saturated rings. The second kappa shape index (κ2) is 6.97. The van der Waals surface area contributed by atoms with Crippen molar-refractivity contribution >= 4 is 11.9 Å². The lowest BCUT2D eigenvalue weighted by molar-refractivity contribution is -0.137. The fourth-order valence-corrected chi connectivity index (χ4v) is 4.66. The first-order valence-electron chi connectivity index (χ1n) is 9.80. The Morgan fingerprint density at radius 2 is 2.07 bits per heavy atom. The van der Waals surface area contributed by atoms with Crippen LogP contribution < -0.4 is 10.6 Å². The Hall–Kier alpha value is -2.25. The number of benzene rings is 1. The number of hydrogen-bond donors (Lipinski definition) is 2. The average Bonchev–Trinajstić information content (AvgIpc) is 3.16. The number of halogens is 3. The molecule has 152 valence electrons. The summed E-state index contributed by atoms with van der Waals surface area (Å²) in [5.41, 5.74) is -0.364. The lowest BCUT2D eigenvalue weighted by Gasteiger charge is -2.33. The van der Waals surface area contributed by atoms with Crippen molar-refractivity contribution in [2.24, 2.45) is 5.92 Å². The molecule has 2 aliphatic carbocycles. The molecule has 4 rings (SSSR count). The SMILES string of the molecule is O=C(NC1CCCN(Cc2cccc(C(F)(F)F)c2)C1=O)NC12CCCC1C2. The van der Waals surface area contributed by atoms with Crippen molar-refractivity contribution in [2.45, 2.75) is 62.8 Å². The van der Waals surface area contributed by atoms with Crippen LogP contribution in [0.2, 0.25) is 0 Å². The van der Waals surface area contributed by atoms with Gasteiger partial charge in [0.05, 0.1) is 5.56 Å². The summed E-state index contributed by atoms with van der Waals surface area (Å²) < 4.78 is 38.7. The summed E-state index contributed by atoms with van der Waals surface area (Å²) in [5.74, 6) is 0.327. The van der Waals surface area contributed by atoms with Gasteiger partial charge in [-0.05, 0) is 55.7 Å². The number of nitrogens with zero attached hydrogens (tertiary/aromatic N) is 1. The maximum absolute atomic E-state index is 12.9. The molecule has 3 amide bonds. The van der Waals surface area contributed by atoms with Gasteiger partial charge in [0.15, 0.2) is 0 Å². The number of alkyl halides is 3. The number of piperidine rings is 1. The second-order valence-electron chi connectivity index (χ2n) is 8.20. The first kappa shape index (κ1) is 19.1. The highest BCUT2D eigenvalue weighted by Crippen LogP contribution is 2.55. The first-order valence-corrected chi connectivity index (χ1v) is 9.80. The highest BCUT2D eigenvalue weighted by atomic mass is 19.4. The Labute approximate surface area is 161 Å². The van der Waals surface area contributed by atoms with Gasteiger partial charge in [-0.1, -0.05) is 18.6 Å². The molecule has 5 nitrogen and oxygen atoms in total. The predicted molar refractivity (Wildman–Crippen MR) is 96.2 cm³/mol. The normalized spacial score (nSPS) is 29.4. The van der Waals surface area contributed by atoms with Gasteiger partial charge < -0.3 is 15.5 Å². The number of urea groups is 1. The van der Waals surface area contributed by atoms with E-state index in [9.17, 15) is 22.8 Å². The Kier molecular flexibility index (Phi) is 4.75. The van der Waals surface area contributed by atoms with Gasteiger partial charge in [-0.3, -0.25) is 4.79 Å². The molecule has 1 saturated heterocycles. The summed E-state index contributed by atoms with van der Waals surface area (Å²) in [4.78, 5) is 26.6. The van der Waals surface area contributed by atoms with Crippen LogP contribution in [0.15, 0.2) is 24.3 Å². The van der Waals surface area contributed by atoms with Crippen LogP contribution in [-0.4, -0.2) is 35.0 Å². The topological polar surface area (TPSA) is 61.4 Å². The van der Waals surface area contributed by atoms with Gasteiger partial charge in [0.1, 0.15) is 6.04 Å². The number of hydrogen-bond acceptors (Lipinski definition) is 2. The highest BCUT2D eigenvalue weighted by Gasteiger charge is 2.57. The van der Waals surface area contributed by atoms with E-state index in [0.29, 0.717) is 30.9 Å². The molecule has 2 saturated carbocycles. The molecule has 0 aromatic heterocycles. The maximum atomic E-state index is 12.9. The Balaban J connectivity index is 1.36. The van der Waals surface area contributed by atoms with Gasteiger partial charge in [0, 0.05) is 18.6 Å². The lowest BCUT2D eigenvalue weighted by atomic mass is 10.0. The zero-order chi connectivity index (χ0) is 19.9. The molecule has 2 N–H and O–H groups in total. The van der Waals surface area contributed by atoms with Crippen LogP contribution in [0.25, 0.3) is 0 Å². The van der Waals surface area contributed by atoms with E-state index in [1.165, 1.54) is 11.0 Å². The molecule has 3 aliphatic rings. The Morgan fingerprint density at radius 1 is 1.25 bits per heavy atom. The van der Waals surface area contributed by atoms with E-state index in [2.05, 4.69) is 10.6 Å². The van der Waals surface area contributed by atoms with Crippen molar-refractivity contribution in [1.82, 2.24) is 15.5 Å². The maximum Gasteiger partial charge on any atom is 0.416 e. The fraction of sp³-hybridized carbons (Fsp3) is 0.600. The fourth-order valence-electron chi connectivity index (χ4n) is 4.66. The molecule has 3 atom stereocenters. The summed E-state index contributed by atoms with van der Waals surface area (Å²) in [7, 11) is 0. The molecule has 1 aliphatic heterocycles. The largest absolute Gasteiger partial charge is 0.416 e. The van der Waals surface area contributed by atoms with Crippen molar-refractivity contribution in [1.29, 1.82) is 0 Å². The Bertz CT molecular complexity index is 782. The minimum Gasteiger partial charge on any atom is -0.337 e. The number of carbonyl (C=O) groups is 2. The number of amides is 3. The number of likely N-dealkylation sites (tertiary alicyclic amines) is 1. The lowest BCUT2D eigenvalue weighted by Crippen LogP contribution is -2.55. The van der Waals surface area contributed by atoms with Crippen LogP contribution >= 0.6 is 0 Å². The molecule has 8 heteroatoms. The quantitative estimate of drug-likeness (QED) is 0.821. The van der Waals surface area contributed by atoms with Gasteiger partial charge in [-0.25, -0.2) is 4.79 Å². The third-order valence-corrected chi connectivity index (χ3v) is 6.23. The van der Waals surface area contributed by atoms with Gasteiger partial charge in [0.2, 0.25) is 5.91 Å². The standard InChI is InChI=1S/C20H24F3N3O2/c21-20(22,23)14-5-1-4-13(10-14)12-26-9-3-7-16(17(26)27)24-18(28)25-19-8-2-6-15(19)11-19/h1,4-5,10,15-16H,2-3,6-9,11-12H2,(H2,24,25,28). The first-order chi connectivity index (χ1) is 13.3. The summed E-state index contributed by atoms with van der Waals surface area (Å²) in [6.45, 7) is 0.579. The summed E-state index contributed by atoms with van der Waals surface area (Å²) >= 11 is 0. The van der Waals surface area contributed by atoms with E-state index in [1.807, 2.05) is 0 Å². The molecule has 0 radical (unpaired) electrons. The van der Waals surface area contributed by atoms with E-state index in [-0.39, 0.29) is 24.0 Å². The van der Waals surface area contributed by atoms with E-state index in [4.69, 9.17) is 0 Å². The molecule has 28 heavy (non-hydrogen) atoms. The molecular formula is C20H24F3N3O2. The third-order valence-electron chi connectivity index (χ3n) is 6.23. The van der Waals surface area contributed by atoms with Crippen molar-refractivity contribution in [3.63, 3.8) is 0 Å². The van der Waals surface area contributed by atoms with E-state index >= 15 is 0 Å². The number of carbonyl (C=O) groups excluding carboxylic acids is 2. The second-order valence-corrected chi connectivity index (χ2v) is 8.20. The molecular weight excluding hydrogens is 371 g/mol. The summed E-state index contributed by atoms with van der Waals surface area (Å²) in [5, 5.41) is 5.82. The van der Waals surface area contributed by atoms with Crippen molar-refractivity contribution in [2.75, 3.05) is 6.54 Å². The zero-order valence-corrected chi connectivity index (χ0v) is 15.5.